The minimum atomic E-state index is -1.06. The smallest absolute Gasteiger partial charge is 0.358 e. The number of nitrogens with zero attached hydrogens (tertiary/aromatic N) is 2. The van der Waals surface area contributed by atoms with Crippen molar-refractivity contribution in [2.75, 3.05) is 0 Å². The molecule has 1 heterocycles. The van der Waals surface area contributed by atoms with Gasteiger partial charge in [-0.2, -0.15) is 10.3 Å². The molecular formula is C7H12N4O2. The number of hydrogen-bond donors (Lipinski definition) is 3. The molecule has 72 valence electrons. The van der Waals surface area contributed by atoms with Crippen molar-refractivity contribution in [3.63, 3.8) is 0 Å². The standard InChI is InChI=1S/C7H12N4O2/c1-4(8)2-3-5-6(7(12)13)10-11-9-5/h4H,2-3,8H2,1H3,(H,12,13)(H,9,10,11). The number of H-pyrrole nitrogens is 1. The minimum absolute atomic E-state index is 0.0133. The summed E-state index contributed by atoms with van der Waals surface area (Å²) in [5, 5.41) is 18.2. The van der Waals surface area contributed by atoms with Crippen LogP contribution in [0.1, 0.15) is 29.5 Å². The molecule has 6 heteroatoms. The number of aromatic nitrogens is 3. The highest BCUT2D eigenvalue weighted by Crippen LogP contribution is 2.05. The van der Waals surface area contributed by atoms with E-state index in [1.165, 1.54) is 0 Å². The molecule has 4 N–H and O–H groups in total. The summed E-state index contributed by atoms with van der Waals surface area (Å²) >= 11 is 0. The summed E-state index contributed by atoms with van der Waals surface area (Å²) in [7, 11) is 0. The molecule has 0 amide bonds. The molecule has 1 aromatic heterocycles. The van der Waals surface area contributed by atoms with E-state index < -0.39 is 5.97 Å². The highest BCUT2D eigenvalue weighted by atomic mass is 16.4. The monoisotopic (exact) mass is 184 g/mol. The second-order valence-electron chi connectivity index (χ2n) is 2.94. The minimum Gasteiger partial charge on any atom is -0.476 e. The van der Waals surface area contributed by atoms with Gasteiger partial charge in [-0.15, -0.1) is 5.10 Å². The highest BCUT2D eigenvalue weighted by Gasteiger charge is 2.14. The number of carboxylic acids is 1. The van der Waals surface area contributed by atoms with Crippen LogP contribution in [0.3, 0.4) is 0 Å². The molecule has 0 saturated carbocycles. The Labute approximate surface area is 75.1 Å². The predicted octanol–water partition coefficient (Wildman–Crippen LogP) is -0.217. The summed E-state index contributed by atoms with van der Waals surface area (Å²) in [6.07, 6.45) is 1.24. The molecule has 0 bridgehead atoms. The molecule has 0 saturated heterocycles. The summed E-state index contributed by atoms with van der Waals surface area (Å²) in [6.45, 7) is 1.86. The Kier molecular flexibility index (Phi) is 2.97. The highest BCUT2D eigenvalue weighted by molar-refractivity contribution is 5.86. The van der Waals surface area contributed by atoms with Crippen LogP contribution < -0.4 is 5.73 Å². The lowest BCUT2D eigenvalue weighted by Crippen LogP contribution is -2.16. The van der Waals surface area contributed by atoms with E-state index in [9.17, 15) is 4.79 Å². The van der Waals surface area contributed by atoms with E-state index in [1.807, 2.05) is 6.92 Å². The first-order chi connectivity index (χ1) is 6.11. The van der Waals surface area contributed by atoms with Gasteiger partial charge in [-0.05, 0) is 19.8 Å². The molecule has 1 aromatic rings. The largest absolute Gasteiger partial charge is 0.476 e. The van der Waals surface area contributed by atoms with Crippen LogP contribution in [-0.2, 0) is 6.42 Å². The number of carboxylic acid groups (broad SMARTS) is 1. The van der Waals surface area contributed by atoms with Gasteiger partial charge in [0, 0.05) is 6.04 Å². The molecule has 0 aromatic carbocycles. The summed E-state index contributed by atoms with van der Waals surface area (Å²) in [4.78, 5) is 10.6. The molecule has 0 aliphatic heterocycles. The SMILES string of the molecule is CC(N)CCc1n[nH]nc1C(=O)O. The molecule has 0 radical (unpaired) electrons. The van der Waals surface area contributed by atoms with Crippen molar-refractivity contribution in [1.82, 2.24) is 15.4 Å². The third kappa shape index (κ3) is 2.51. The Morgan fingerprint density at radius 2 is 2.38 bits per heavy atom. The Morgan fingerprint density at radius 3 is 2.92 bits per heavy atom. The van der Waals surface area contributed by atoms with Crippen molar-refractivity contribution in [3.05, 3.63) is 11.4 Å². The third-order valence-corrected chi connectivity index (χ3v) is 1.66. The molecule has 0 aliphatic carbocycles. The first-order valence-corrected chi connectivity index (χ1v) is 3.99. The Balaban J connectivity index is 2.65. The second kappa shape index (κ2) is 3.99. The fourth-order valence-electron chi connectivity index (χ4n) is 0.963. The maximum Gasteiger partial charge on any atom is 0.358 e. The van der Waals surface area contributed by atoms with Crippen LogP contribution in [0.4, 0.5) is 0 Å². The molecule has 1 rings (SSSR count). The number of aromatic amines is 1. The average Bonchev–Trinajstić information content (AvgIpc) is 2.47. The van der Waals surface area contributed by atoms with E-state index in [0.29, 0.717) is 18.5 Å². The van der Waals surface area contributed by atoms with Gasteiger partial charge in [-0.3, -0.25) is 0 Å². The number of carbonyl (C=O) groups is 1. The van der Waals surface area contributed by atoms with Crippen molar-refractivity contribution >= 4 is 5.97 Å². The van der Waals surface area contributed by atoms with Gasteiger partial charge >= 0.3 is 5.97 Å². The molecule has 13 heavy (non-hydrogen) atoms. The lowest BCUT2D eigenvalue weighted by atomic mass is 10.1. The van der Waals surface area contributed by atoms with Crippen molar-refractivity contribution in [3.8, 4) is 0 Å². The topological polar surface area (TPSA) is 105 Å². The normalized spacial score (nSPS) is 12.8. The van der Waals surface area contributed by atoms with Gasteiger partial charge in [-0.1, -0.05) is 0 Å². The van der Waals surface area contributed by atoms with Gasteiger partial charge in [0.15, 0.2) is 5.69 Å². The van der Waals surface area contributed by atoms with Gasteiger partial charge in [-0.25, -0.2) is 4.79 Å². The van der Waals surface area contributed by atoms with Crippen LogP contribution in [0.5, 0.6) is 0 Å². The molecule has 6 nitrogen and oxygen atoms in total. The van der Waals surface area contributed by atoms with Crippen LogP contribution in [0.25, 0.3) is 0 Å². The summed E-state index contributed by atoms with van der Waals surface area (Å²) in [5.74, 6) is -1.06. The fraction of sp³-hybridized carbons (Fsp3) is 0.571. The van der Waals surface area contributed by atoms with E-state index in [0.717, 1.165) is 0 Å². The van der Waals surface area contributed by atoms with E-state index in [1.54, 1.807) is 0 Å². The average molecular weight is 184 g/mol. The second-order valence-corrected chi connectivity index (χ2v) is 2.94. The van der Waals surface area contributed by atoms with Gasteiger partial charge in [0.25, 0.3) is 0 Å². The fourth-order valence-corrected chi connectivity index (χ4v) is 0.963. The lowest BCUT2D eigenvalue weighted by molar-refractivity contribution is 0.0689. The first-order valence-electron chi connectivity index (χ1n) is 3.99. The van der Waals surface area contributed by atoms with Crippen LogP contribution in [0, 0.1) is 0 Å². The Morgan fingerprint density at radius 1 is 1.69 bits per heavy atom. The zero-order valence-electron chi connectivity index (χ0n) is 7.32. The van der Waals surface area contributed by atoms with Crippen molar-refractivity contribution in [1.29, 1.82) is 0 Å². The van der Waals surface area contributed by atoms with Crippen LogP contribution >= 0.6 is 0 Å². The van der Waals surface area contributed by atoms with Gasteiger partial charge in [0.2, 0.25) is 0 Å². The van der Waals surface area contributed by atoms with E-state index >= 15 is 0 Å². The zero-order valence-corrected chi connectivity index (χ0v) is 7.32. The van der Waals surface area contributed by atoms with Crippen molar-refractivity contribution in [2.45, 2.75) is 25.8 Å². The zero-order chi connectivity index (χ0) is 9.84. The first kappa shape index (κ1) is 9.66. The maximum atomic E-state index is 10.6. The molecule has 0 fully saturated rings. The summed E-state index contributed by atoms with van der Waals surface area (Å²) in [6, 6.07) is 0.0401. The summed E-state index contributed by atoms with van der Waals surface area (Å²) < 4.78 is 0. The number of rotatable bonds is 4. The quantitative estimate of drug-likeness (QED) is 0.600. The molecule has 1 atom stereocenters. The third-order valence-electron chi connectivity index (χ3n) is 1.66. The molecule has 0 aliphatic rings. The molecule has 0 spiro atoms. The van der Waals surface area contributed by atoms with Crippen LogP contribution in [0.15, 0.2) is 0 Å². The van der Waals surface area contributed by atoms with Crippen molar-refractivity contribution < 1.29 is 9.90 Å². The number of aromatic carboxylic acids is 1. The van der Waals surface area contributed by atoms with Gasteiger partial charge < -0.3 is 10.8 Å². The Bertz CT molecular complexity index is 294. The predicted molar refractivity (Wildman–Crippen MR) is 45.3 cm³/mol. The molecular weight excluding hydrogens is 172 g/mol. The van der Waals surface area contributed by atoms with Crippen molar-refractivity contribution in [2.24, 2.45) is 5.73 Å². The van der Waals surface area contributed by atoms with E-state index in [2.05, 4.69) is 15.4 Å². The lowest BCUT2D eigenvalue weighted by Gasteiger charge is -2.01. The maximum absolute atomic E-state index is 10.6. The van der Waals surface area contributed by atoms with Gasteiger partial charge in [0.05, 0.1) is 5.69 Å². The van der Waals surface area contributed by atoms with Crippen LogP contribution in [0.2, 0.25) is 0 Å². The Hall–Kier alpha value is -1.43. The van der Waals surface area contributed by atoms with E-state index in [4.69, 9.17) is 10.8 Å². The number of nitrogens with one attached hydrogen (secondary N) is 1. The number of aryl methyl sites for hydroxylation is 1. The number of nitrogens with two attached hydrogens (primary N) is 1. The summed E-state index contributed by atoms with van der Waals surface area (Å²) in [5.41, 5.74) is 5.98. The van der Waals surface area contributed by atoms with E-state index in [-0.39, 0.29) is 11.7 Å². The molecule has 1 unspecified atom stereocenters. The van der Waals surface area contributed by atoms with Crippen LogP contribution in [-0.4, -0.2) is 32.5 Å². The number of hydrogen-bond acceptors (Lipinski definition) is 4. The van der Waals surface area contributed by atoms with Gasteiger partial charge in [0.1, 0.15) is 0 Å².